The molecule has 1 saturated carbocycles. The first-order valence-corrected chi connectivity index (χ1v) is 9.80. The summed E-state index contributed by atoms with van der Waals surface area (Å²) in [5.41, 5.74) is 1.11. The summed E-state index contributed by atoms with van der Waals surface area (Å²) in [6, 6.07) is 10.2. The lowest BCUT2D eigenvalue weighted by Gasteiger charge is -2.35. The topological polar surface area (TPSA) is 40.6 Å². The highest BCUT2D eigenvalue weighted by Gasteiger charge is 2.39. The Balaban J connectivity index is 1.81. The standard InChI is InChI=1S/C17H26N2O2S/c1-18(16-11-6-3-7-12-16)22(20,21)19-14-8-13-17(19)15-9-4-2-5-10-15/h2,4-5,9-10,16-17H,3,6-8,11-14H2,1H3. The van der Waals surface area contributed by atoms with Gasteiger partial charge in [0.1, 0.15) is 0 Å². The molecule has 4 nitrogen and oxygen atoms in total. The molecule has 1 atom stereocenters. The molecule has 1 unspecified atom stereocenters. The SMILES string of the molecule is CN(C1CCCCC1)S(=O)(=O)N1CCCC1c1ccccc1. The summed E-state index contributed by atoms with van der Waals surface area (Å²) in [5.74, 6) is 0. The predicted molar refractivity (Wildman–Crippen MR) is 88.7 cm³/mol. The molecule has 1 aliphatic heterocycles. The van der Waals surface area contributed by atoms with Crippen LogP contribution in [0.2, 0.25) is 0 Å². The first-order valence-electron chi connectivity index (χ1n) is 8.40. The Morgan fingerprint density at radius 2 is 1.68 bits per heavy atom. The summed E-state index contributed by atoms with van der Waals surface area (Å²) in [4.78, 5) is 0. The van der Waals surface area contributed by atoms with E-state index in [1.54, 1.807) is 15.7 Å². The fourth-order valence-electron chi connectivity index (χ4n) is 3.82. The third kappa shape index (κ3) is 3.07. The second kappa shape index (κ2) is 6.69. The van der Waals surface area contributed by atoms with Crippen LogP contribution >= 0.6 is 0 Å². The lowest BCUT2D eigenvalue weighted by atomic mass is 9.96. The number of benzene rings is 1. The number of rotatable bonds is 4. The van der Waals surface area contributed by atoms with Crippen molar-refractivity contribution in [3.8, 4) is 0 Å². The minimum absolute atomic E-state index is 0.00256. The van der Waals surface area contributed by atoms with Crippen LogP contribution in [-0.4, -0.2) is 36.7 Å². The highest BCUT2D eigenvalue weighted by Crippen LogP contribution is 2.36. The molecular weight excluding hydrogens is 296 g/mol. The Labute approximate surface area is 134 Å². The molecule has 1 aliphatic carbocycles. The zero-order valence-corrected chi connectivity index (χ0v) is 14.1. The van der Waals surface area contributed by atoms with E-state index in [2.05, 4.69) is 0 Å². The van der Waals surface area contributed by atoms with E-state index in [4.69, 9.17) is 0 Å². The minimum Gasteiger partial charge on any atom is -0.195 e. The average Bonchev–Trinajstić information content (AvgIpc) is 3.06. The molecule has 0 spiro atoms. The third-order valence-electron chi connectivity index (χ3n) is 5.14. The van der Waals surface area contributed by atoms with Gasteiger partial charge in [-0.25, -0.2) is 0 Å². The van der Waals surface area contributed by atoms with Gasteiger partial charge in [0.2, 0.25) is 0 Å². The summed E-state index contributed by atoms with van der Waals surface area (Å²) in [7, 11) is -1.60. The summed E-state index contributed by atoms with van der Waals surface area (Å²) in [6.45, 7) is 0.638. The molecular formula is C17H26N2O2S. The zero-order chi connectivity index (χ0) is 15.6. The van der Waals surface area contributed by atoms with E-state index in [9.17, 15) is 8.42 Å². The summed E-state index contributed by atoms with van der Waals surface area (Å²) < 4.78 is 29.5. The van der Waals surface area contributed by atoms with Crippen molar-refractivity contribution >= 4 is 10.2 Å². The van der Waals surface area contributed by atoms with Crippen molar-refractivity contribution in [1.29, 1.82) is 0 Å². The second-order valence-electron chi connectivity index (χ2n) is 6.50. The molecule has 5 heteroatoms. The molecule has 1 aromatic carbocycles. The van der Waals surface area contributed by atoms with Gasteiger partial charge in [-0.2, -0.15) is 17.0 Å². The fourth-order valence-corrected chi connectivity index (χ4v) is 5.65. The molecule has 0 N–H and O–H groups in total. The summed E-state index contributed by atoms with van der Waals surface area (Å²) >= 11 is 0. The maximum atomic E-state index is 13.1. The van der Waals surface area contributed by atoms with E-state index in [-0.39, 0.29) is 12.1 Å². The van der Waals surface area contributed by atoms with Crippen LogP contribution < -0.4 is 0 Å². The maximum absolute atomic E-state index is 13.1. The van der Waals surface area contributed by atoms with Gasteiger partial charge in [0.05, 0.1) is 6.04 Å². The monoisotopic (exact) mass is 322 g/mol. The van der Waals surface area contributed by atoms with Crippen LogP contribution in [0.1, 0.15) is 56.6 Å². The average molecular weight is 322 g/mol. The molecule has 0 amide bonds. The second-order valence-corrected chi connectivity index (χ2v) is 8.44. The number of nitrogens with zero attached hydrogens (tertiary/aromatic N) is 2. The van der Waals surface area contributed by atoms with Crippen LogP contribution in [0.3, 0.4) is 0 Å². The van der Waals surface area contributed by atoms with Gasteiger partial charge in [-0.3, -0.25) is 0 Å². The smallest absolute Gasteiger partial charge is 0.195 e. The van der Waals surface area contributed by atoms with E-state index in [0.717, 1.165) is 44.1 Å². The Hall–Kier alpha value is -0.910. The Kier molecular flexibility index (Phi) is 4.85. The largest absolute Gasteiger partial charge is 0.282 e. The van der Waals surface area contributed by atoms with Gasteiger partial charge in [0.25, 0.3) is 10.2 Å². The van der Waals surface area contributed by atoms with Crippen LogP contribution in [0.4, 0.5) is 0 Å². The molecule has 122 valence electrons. The lowest BCUT2D eigenvalue weighted by Crippen LogP contribution is -2.46. The molecule has 3 rings (SSSR count). The van der Waals surface area contributed by atoms with E-state index >= 15 is 0 Å². The van der Waals surface area contributed by atoms with Crippen molar-refractivity contribution in [2.24, 2.45) is 0 Å². The molecule has 22 heavy (non-hydrogen) atoms. The van der Waals surface area contributed by atoms with Crippen molar-refractivity contribution in [2.45, 2.75) is 57.0 Å². The fraction of sp³-hybridized carbons (Fsp3) is 0.647. The Morgan fingerprint density at radius 1 is 1.00 bits per heavy atom. The molecule has 1 heterocycles. The van der Waals surface area contributed by atoms with Crippen molar-refractivity contribution in [2.75, 3.05) is 13.6 Å². The zero-order valence-electron chi connectivity index (χ0n) is 13.3. The Morgan fingerprint density at radius 3 is 2.36 bits per heavy atom. The van der Waals surface area contributed by atoms with E-state index in [1.807, 2.05) is 30.3 Å². The normalized spacial score (nSPS) is 24.9. The van der Waals surface area contributed by atoms with Crippen LogP contribution in [0.5, 0.6) is 0 Å². The minimum atomic E-state index is -3.37. The van der Waals surface area contributed by atoms with Crippen molar-refractivity contribution < 1.29 is 8.42 Å². The first-order chi connectivity index (χ1) is 10.6. The van der Waals surface area contributed by atoms with Crippen molar-refractivity contribution in [3.05, 3.63) is 35.9 Å². The summed E-state index contributed by atoms with van der Waals surface area (Å²) in [5, 5.41) is 0. The van der Waals surface area contributed by atoms with Crippen molar-refractivity contribution in [3.63, 3.8) is 0 Å². The molecule has 2 fully saturated rings. The molecule has 0 radical (unpaired) electrons. The van der Waals surface area contributed by atoms with Gasteiger partial charge >= 0.3 is 0 Å². The van der Waals surface area contributed by atoms with E-state index in [1.165, 1.54) is 6.42 Å². The predicted octanol–water partition coefficient (Wildman–Crippen LogP) is 3.33. The lowest BCUT2D eigenvalue weighted by molar-refractivity contribution is 0.259. The molecule has 1 aromatic rings. The quantitative estimate of drug-likeness (QED) is 0.853. The highest BCUT2D eigenvalue weighted by molar-refractivity contribution is 7.86. The van der Waals surface area contributed by atoms with Gasteiger partial charge in [-0.1, -0.05) is 49.6 Å². The molecule has 1 saturated heterocycles. The first kappa shape index (κ1) is 16.0. The number of hydrogen-bond acceptors (Lipinski definition) is 2. The van der Waals surface area contributed by atoms with Gasteiger partial charge in [-0.05, 0) is 31.2 Å². The van der Waals surface area contributed by atoms with Gasteiger partial charge in [-0.15, -0.1) is 0 Å². The van der Waals surface area contributed by atoms with Gasteiger partial charge < -0.3 is 0 Å². The van der Waals surface area contributed by atoms with Crippen LogP contribution in [0.25, 0.3) is 0 Å². The third-order valence-corrected chi connectivity index (χ3v) is 7.19. The van der Waals surface area contributed by atoms with E-state index < -0.39 is 10.2 Å². The molecule has 0 bridgehead atoms. The maximum Gasteiger partial charge on any atom is 0.282 e. The highest BCUT2D eigenvalue weighted by atomic mass is 32.2. The van der Waals surface area contributed by atoms with Crippen molar-refractivity contribution in [1.82, 2.24) is 8.61 Å². The Bertz CT molecular complexity index is 582. The van der Waals surface area contributed by atoms with Crippen LogP contribution in [0.15, 0.2) is 30.3 Å². The number of hydrogen-bond donors (Lipinski definition) is 0. The van der Waals surface area contributed by atoms with Crippen LogP contribution in [0, 0.1) is 0 Å². The molecule has 2 aliphatic rings. The van der Waals surface area contributed by atoms with E-state index in [0.29, 0.717) is 6.54 Å². The van der Waals surface area contributed by atoms with Crippen LogP contribution in [-0.2, 0) is 10.2 Å². The van der Waals surface area contributed by atoms with Gasteiger partial charge in [0.15, 0.2) is 0 Å². The van der Waals surface area contributed by atoms with Gasteiger partial charge in [0, 0.05) is 19.6 Å². The summed E-state index contributed by atoms with van der Waals surface area (Å²) in [6.07, 6.45) is 7.39. The molecule has 0 aromatic heterocycles.